The van der Waals surface area contributed by atoms with E-state index in [-0.39, 0.29) is 23.2 Å². The van der Waals surface area contributed by atoms with Crippen molar-refractivity contribution in [3.05, 3.63) is 63.6 Å². The van der Waals surface area contributed by atoms with E-state index in [0.29, 0.717) is 5.02 Å². The number of sulfonamides is 1. The minimum Gasteiger partial charge on any atom is -0.348 e. The lowest BCUT2D eigenvalue weighted by Crippen LogP contribution is -2.49. The Morgan fingerprint density at radius 3 is 2.29 bits per heavy atom. The van der Waals surface area contributed by atoms with Crippen molar-refractivity contribution in [1.82, 2.24) is 5.32 Å². The molecule has 1 N–H and O–H groups in total. The lowest BCUT2D eigenvalue weighted by Gasteiger charge is -2.31. The topological polar surface area (TPSA) is 66.5 Å². The van der Waals surface area contributed by atoms with Gasteiger partial charge in [0.15, 0.2) is 0 Å². The van der Waals surface area contributed by atoms with Crippen LogP contribution in [-0.4, -0.2) is 26.6 Å². The van der Waals surface area contributed by atoms with Gasteiger partial charge in [0.25, 0.3) is 0 Å². The second kappa shape index (κ2) is 9.16. The van der Waals surface area contributed by atoms with Crippen LogP contribution in [0.3, 0.4) is 0 Å². The van der Waals surface area contributed by atoms with E-state index < -0.39 is 22.0 Å². The van der Waals surface area contributed by atoms with Crippen LogP contribution in [-0.2, 0) is 14.8 Å². The molecule has 1 amide bonds. The molecule has 0 spiro atoms. The minimum absolute atomic E-state index is 0.182. The van der Waals surface area contributed by atoms with Gasteiger partial charge in [-0.2, -0.15) is 0 Å². The zero-order chi connectivity index (χ0) is 21.1. The Labute approximate surface area is 176 Å². The number of amides is 1. The summed E-state index contributed by atoms with van der Waals surface area (Å²) in [7, 11) is -3.79. The van der Waals surface area contributed by atoms with Crippen LogP contribution in [0.1, 0.15) is 37.4 Å². The normalized spacial score (nSPS) is 13.6. The first-order chi connectivity index (χ1) is 13.0. The molecule has 0 aliphatic heterocycles. The van der Waals surface area contributed by atoms with Crippen LogP contribution in [0.2, 0.25) is 10.0 Å². The average molecular weight is 443 g/mol. The highest BCUT2D eigenvalue weighted by atomic mass is 35.5. The second-order valence-corrected chi connectivity index (χ2v) is 9.42. The summed E-state index contributed by atoms with van der Waals surface area (Å²) >= 11 is 12.3. The van der Waals surface area contributed by atoms with Gasteiger partial charge in [0, 0.05) is 5.02 Å². The van der Waals surface area contributed by atoms with E-state index in [1.165, 1.54) is 12.1 Å². The van der Waals surface area contributed by atoms with Crippen LogP contribution in [0, 0.1) is 6.92 Å². The number of nitrogens with one attached hydrogen (secondary N) is 1. The monoisotopic (exact) mass is 442 g/mol. The minimum atomic E-state index is -3.79. The molecule has 28 heavy (non-hydrogen) atoms. The molecule has 0 radical (unpaired) electrons. The molecule has 8 heteroatoms. The summed E-state index contributed by atoms with van der Waals surface area (Å²) in [4.78, 5) is 13.0. The molecule has 0 saturated heterocycles. The zero-order valence-electron chi connectivity index (χ0n) is 16.2. The smallest absolute Gasteiger partial charge is 0.244 e. The standard InChI is InChI=1S/C20H24Cl2N2O3S/c1-5-18(20(25)23-14(3)15-8-6-13(2)7-9-15)24(28(4,26)27)19-12-16(21)10-11-17(19)22/h6-12,14,18H,5H2,1-4H3,(H,23,25)/t14-,18-/m0/s1. The summed E-state index contributed by atoms with van der Waals surface area (Å²) in [6.07, 6.45) is 1.31. The highest BCUT2D eigenvalue weighted by Gasteiger charge is 2.33. The molecule has 0 fully saturated rings. The summed E-state index contributed by atoms with van der Waals surface area (Å²) in [5.41, 5.74) is 2.23. The number of aryl methyl sites for hydroxylation is 1. The van der Waals surface area contributed by atoms with Crippen LogP contribution >= 0.6 is 23.2 Å². The number of carbonyl (C=O) groups is 1. The first-order valence-corrected chi connectivity index (χ1v) is 11.5. The maximum absolute atomic E-state index is 13.0. The predicted molar refractivity (Wildman–Crippen MR) is 116 cm³/mol. The number of nitrogens with zero attached hydrogens (tertiary/aromatic N) is 1. The fraction of sp³-hybridized carbons (Fsp3) is 0.350. The summed E-state index contributed by atoms with van der Waals surface area (Å²) in [5, 5.41) is 3.43. The molecule has 152 valence electrons. The maximum Gasteiger partial charge on any atom is 0.244 e. The van der Waals surface area contributed by atoms with Gasteiger partial charge in [-0.1, -0.05) is 60.0 Å². The third-order valence-electron chi connectivity index (χ3n) is 4.41. The Bertz CT molecular complexity index is 946. The molecule has 0 aromatic heterocycles. The van der Waals surface area contributed by atoms with Gasteiger partial charge < -0.3 is 5.32 Å². The van der Waals surface area contributed by atoms with Crippen molar-refractivity contribution in [2.24, 2.45) is 0 Å². The van der Waals surface area contributed by atoms with Crippen LogP contribution in [0.5, 0.6) is 0 Å². The molecular weight excluding hydrogens is 419 g/mol. The van der Waals surface area contributed by atoms with Crippen molar-refractivity contribution in [2.45, 2.75) is 39.3 Å². The Balaban J connectivity index is 2.36. The molecule has 2 rings (SSSR count). The Kier molecular flexibility index (Phi) is 7.37. The van der Waals surface area contributed by atoms with Gasteiger partial charge in [-0.05, 0) is 44.0 Å². The SMILES string of the molecule is CC[C@@H](C(=O)N[C@@H](C)c1ccc(C)cc1)N(c1cc(Cl)ccc1Cl)S(C)(=O)=O. The largest absolute Gasteiger partial charge is 0.348 e. The van der Waals surface area contributed by atoms with E-state index >= 15 is 0 Å². The first kappa shape index (κ1) is 22.5. The summed E-state index contributed by atoms with van der Waals surface area (Å²) in [6.45, 7) is 5.59. The van der Waals surface area contributed by atoms with Crippen LogP contribution in [0.15, 0.2) is 42.5 Å². The van der Waals surface area contributed by atoms with Gasteiger partial charge in [0.05, 0.1) is 23.0 Å². The van der Waals surface area contributed by atoms with Gasteiger partial charge >= 0.3 is 0 Å². The highest BCUT2D eigenvalue weighted by Crippen LogP contribution is 2.33. The summed E-state index contributed by atoms with van der Waals surface area (Å²) < 4.78 is 26.1. The molecule has 0 aliphatic carbocycles. The molecule has 0 unspecified atom stereocenters. The molecule has 2 atom stereocenters. The molecule has 2 aromatic rings. The van der Waals surface area contributed by atoms with E-state index in [2.05, 4.69) is 5.32 Å². The van der Waals surface area contributed by atoms with Crippen molar-refractivity contribution >= 4 is 44.8 Å². The van der Waals surface area contributed by atoms with Crippen LogP contribution in [0.25, 0.3) is 0 Å². The number of anilines is 1. The number of halogens is 2. The van der Waals surface area contributed by atoms with Crippen LogP contribution < -0.4 is 9.62 Å². The van der Waals surface area contributed by atoms with Crippen molar-refractivity contribution < 1.29 is 13.2 Å². The van der Waals surface area contributed by atoms with Gasteiger partial charge in [0.2, 0.25) is 15.9 Å². The van der Waals surface area contributed by atoms with E-state index in [1.807, 2.05) is 38.1 Å². The first-order valence-electron chi connectivity index (χ1n) is 8.86. The maximum atomic E-state index is 13.0. The van der Waals surface area contributed by atoms with Gasteiger partial charge in [0.1, 0.15) is 6.04 Å². The van der Waals surface area contributed by atoms with Crippen molar-refractivity contribution in [3.8, 4) is 0 Å². The Hall–Kier alpha value is -1.76. The van der Waals surface area contributed by atoms with Crippen molar-refractivity contribution in [2.75, 3.05) is 10.6 Å². The average Bonchev–Trinajstić information content (AvgIpc) is 2.61. The zero-order valence-corrected chi connectivity index (χ0v) is 18.6. The third kappa shape index (κ3) is 5.40. The number of benzene rings is 2. The van der Waals surface area contributed by atoms with E-state index in [1.54, 1.807) is 13.0 Å². The second-order valence-electron chi connectivity index (χ2n) is 6.72. The van der Waals surface area contributed by atoms with Gasteiger partial charge in [-0.25, -0.2) is 8.42 Å². The molecule has 0 heterocycles. The quantitative estimate of drug-likeness (QED) is 0.673. The molecule has 0 saturated carbocycles. The van der Waals surface area contributed by atoms with Gasteiger partial charge in [-0.15, -0.1) is 0 Å². The summed E-state index contributed by atoms with van der Waals surface area (Å²) in [5.74, 6) is -0.406. The molecule has 0 bridgehead atoms. The predicted octanol–water partition coefficient (Wildman–Crippen LogP) is 4.72. The fourth-order valence-corrected chi connectivity index (χ4v) is 4.58. The number of hydrogen-bond acceptors (Lipinski definition) is 3. The highest BCUT2D eigenvalue weighted by molar-refractivity contribution is 7.92. The Morgan fingerprint density at radius 2 is 1.75 bits per heavy atom. The van der Waals surface area contributed by atoms with Crippen molar-refractivity contribution in [3.63, 3.8) is 0 Å². The number of rotatable bonds is 7. The van der Waals surface area contributed by atoms with E-state index in [4.69, 9.17) is 23.2 Å². The molecule has 0 aliphatic rings. The third-order valence-corrected chi connectivity index (χ3v) is 6.13. The van der Waals surface area contributed by atoms with Crippen LogP contribution in [0.4, 0.5) is 5.69 Å². The van der Waals surface area contributed by atoms with Gasteiger partial charge in [-0.3, -0.25) is 9.10 Å². The molecule has 2 aromatic carbocycles. The number of hydrogen-bond donors (Lipinski definition) is 1. The molecular formula is C20H24Cl2N2O3S. The Morgan fingerprint density at radius 1 is 1.14 bits per heavy atom. The summed E-state index contributed by atoms with van der Waals surface area (Å²) in [6, 6.07) is 11.1. The number of carbonyl (C=O) groups excluding carboxylic acids is 1. The van der Waals surface area contributed by atoms with E-state index in [0.717, 1.165) is 21.7 Å². The lowest BCUT2D eigenvalue weighted by molar-refractivity contribution is -0.122. The lowest BCUT2D eigenvalue weighted by atomic mass is 10.1. The fourth-order valence-electron chi connectivity index (χ4n) is 2.94. The molecule has 5 nitrogen and oxygen atoms in total. The van der Waals surface area contributed by atoms with E-state index in [9.17, 15) is 13.2 Å². The van der Waals surface area contributed by atoms with Crippen molar-refractivity contribution in [1.29, 1.82) is 0 Å².